The highest BCUT2D eigenvalue weighted by Gasteiger charge is 2.41. The van der Waals surface area contributed by atoms with Crippen LogP contribution in [0.3, 0.4) is 0 Å². The molecule has 1 rings (SSSR count). The molecule has 0 bridgehead atoms. The van der Waals surface area contributed by atoms with Gasteiger partial charge in [-0.25, -0.2) is 0 Å². The summed E-state index contributed by atoms with van der Waals surface area (Å²) in [6.45, 7) is -0.310. The Labute approximate surface area is 105 Å². The lowest BCUT2D eigenvalue weighted by molar-refractivity contribution is -0.0781. The first-order chi connectivity index (χ1) is 8.41. The van der Waals surface area contributed by atoms with E-state index in [1.807, 2.05) is 0 Å². The maximum Gasteiger partial charge on any atom is 0.124 e. The van der Waals surface area contributed by atoms with Gasteiger partial charge in [0.25, 0.3) is 0 Å². The van der Waals surface area contributed by atoms with Crippen LogP contribution in [0.25, 0.3) is 0 Å². The third-order valence-electron chi connectivity index (χ3n) is 2.89. The zero-order valence-corrected chi connectivity index (χ0v) is 9.98. The number of rotatable bonds is 6. The second-order valence-corrected chi connectivity index (χ2v) is 4.34. The van der Waals surface area contributed by atoms with Gasteiger partial charge >= 0.3 is 0 Å². The summed E-state index contributed by atoms with van der Waals surface area (Å²) < 4.78 is 0. The Hall–Kier alpha value is -1.02. The second kappa shape index (κ2) is 6.24. The molecule has 18 heavy (non-hydrogen) atoms. The van der Waals surface area contributed by atoms with Crippen molar-refractivity contribution in [2.75, 3.05) is 6.61 Å². The molecule has 3 atom stereocenters. The number of benzene rings is 1. The van der Waals surface area contributed by atoms with Crippen molar-refractivity contribution in [1.82, 2.24) is 0 Å². The van der Waals surface area contributed by atoms with E-state index >= 15 is 0 Å². The van der Waals surface area contributed by atoms with Crippen LogP contribution in [0.4, 0.5) is 0 Å². The Balaban J connectivity index is 2.85. The topological polar surface area (TPSA) is 133 Å². The Kier molecular flexibility index (Phi) is 5.21. The molecule has 0 aromatic heterocycles. The predicted molar refractivity (Wildman–Crippen MR) is 66.2 cm³/mol. The van der Waals surface area contributed by atoms with E-state index in [1.165, 1.54) is 0 Å². The molecule has 0 radical (unpaired) electrons. The van der Waals surface area contributed by atoms with Crippen LogP contribution in [-0.4, -0.2) is 44.9 Å². The fraction of sp³-hybridized carbons (Fsp3) is 0.500. The standard InChI is InChI=1S/C12H20N2O4/c13-12(14,11(18)9(16)6-7-15)10(17)8-4-2-1-3-5-8/h1-5,9-11,15-18H,6-7,13-14H2. The number of nitrogens with two attached hydrogens (primary N) is 2. The van der Waals surface area contributed by atoms with E-state index in [9.17, 15) is 15.3 Å². The highest BCUT2D eigenvalue weighted by atomic mass is 16.3. The second-order valence-electron chi connectivity index (χ2n) is 4.34. The number of aliphatic hydroxyl groups excluding tert-OH is 4. The molecule has 0 fully saturated rings. The molecule has 0 aliphatic rings. The minimum atomic E-state index is -1.91. The lowest BCUT2D eigenvalue weighted by Crippen LogP contribution is -2.66. The van der Waals surface area contributed by atoms with Gasteiger partial charge in [0, 0.05) is 6.61 Å². The van der Waals surface area contributed by atoms with Crippen LogP contribution in [0.5, 0.6) is 0 Å². The third kappa shape index (κ3) is 3.26. The summed E-state index contributed by atoms with van der Waals surface area (Å²) in [6, 6.07) is 8.40. The van der Waals surface area contributed by atoms with Crippen molar-refractivity contribution in [3.63, 3.8) is 0 Å². The first-order valence-electron chi connectivity index (χ1n) is 5.69. The van der Waals surface area contributed by atoms with Gasteiger partial charge in [-0.3, -0.25) is 0 Å². The van der Waals surface area contributed by atoms with Gasteiger partial charge in [0.2, 0.25) is 0 Å². The molecule has 6 heteroatoms. The van der Waals surface area contributed by atoms with Gasteiger partial charge in [-0.15, -0.1) is 0 Å². The molecule has 6 nitrogen and oxygen atoms in total. The van der Waals surface area contributed by atoms with Gasteiger partial charge in [-0.2, -0.15) is 0 Å². The van der Waals surface area contributed by atoms with Crippen LogP contribution in [0, 0.1) is 0 Å². The summed E-state index contributed by atoms with van der Waals surface area (Å²) in [7, 11) is 0. The van der Waals surface area contributed by atoms with E-state index in [-0.39, 0.29) is 13.0 Å². The fourth-order valence-corrected chi connectivity index (χ4v) is 1.71. The number of aliphatic hydroxyl groups is 4. The first kappa shape index (κ1) is 15.0. The summed E-state index contributed by atoms with van der Waals surface area (Å²) in [6.07, 6.45) is -4.26. The zero-order chi connectivity index (χ0) is 13.8. The molecule has 0 aliphatic heterocycles. The molecule has 0 amide bonds. The first-order valence-corrected chi connectivity index (χ1v) is 5.69. The minimum Gasteiger partial charge on any atom is -0.396 e. The largest absolute Gasteiger partial charge is 0.396 e. The van der Waals surface area contributed by atoms with Gasteiger partial charge in [0.05, 0.1) is 6.10 Å². The highest BCUT2D eigenvalue weighted by molar-refractivity contribution is 5.21. The molecule has 0 saturated heterocycles. The number of hydrogen-bond donors (Lipinski definition) is 6. The van der Waals surface area contributed by atoms with Crippen molar-refractivity contribution < 1.29 is 20.4 Å². The summed E-state index contributed by atoms with van der Waals surface area (Å²) in [4.78, 5) is 0. The third-order valence-corrected chi connectivity index (χ3v) is 2.89. The Morgan fingerprint density at radius 3 is 2.11 bits per heavy atom. The summed E-state index contributed by atoms with van der Waals surface area (Å²) in [5, 5.41) is 38.1. The Morgan fingerprint density at radius 2 is 1.61 bits per heavy atom. The van der Waals surface area contributed by atoms with Crippen molar-refractivity contribution in [1.29, 1.82) is 0 Å². The van der Waals surface area contributed by atoms with Crippen molar-refractivity contribution in [2.45, 2.75) is 30.4 Å². The summed E-state index contributed by atoms with van der Waals surface area (Å²) in [5.74, 6) is 0. The van der Waals surface area contributed by atoms with Gasteiger partial charge in [-0.1, -0.05) is 30.3 Å². The lowest BCUT2D eigenvalue weighted by Gasteiger charge is -2.37. The Morgan fingerprint density at radius 1 is 1.06 bits per heavy atom. The molecule has 102 valence electrons. The molecule has 3 unspecified atom stereocenters. The van der Waals surface area contributed by atoms with Crippen LogP contribution >= 0.6 is 0 Å². The molecule has 0 heterocycles. The normalized spacial score (nSPS) is 17.2. The molecule has 0 spiro atoms. The molecule has 0 saturated carbocycles. The van der Waals surface area contributed by atoms with Crippen molar-refractivity contribution in [3.8, 4) is 0 Å². The van der Waals surface area contributed by atoms with E-state index in [0.29, 0.717) is 5.56 Å². The highest BCUT2D eigenvalue weighted by Crippen LogP contribution is 2.24. The molecular weight excluding hydrogens is 236 g/mol. The van der Waals surface area contributed by atoms with Crippen molar-refractivity contribution in [2.24, 2.45) is 11.5 Å². The van der Waals surface area contributed by atoms with Crippen LogP contribution in [0.1, 0.15) is 18.1 Å². The maximum atomic E-state index is 10.1. The molecular formula is C12H20N2O4. The molecule has 1 aromatic carbocycles. The van der Waals surface area contributed by atoms with Crippen molar-refractivity contribution >= 4 is 0 Å². The van der Waals surface area contributed by atoms with Crippen LogP contribution in [-0.2, 0) is 0 Å². The average molecular weight is 256 g/mol. The van der Waals surface area contributed by atoms with E-state index in [4.69, 9.17) is 16.6 Å². The molecule has 8 N–H and O–H groups in total. The van der Waals surface area contributed by atoms with Crippen molar-refractivity contribution in [3.05, 3.63) is 35.9 Å². The quantitative estimate of drug-likeness (QED) is 0.341. The summed E-state index contributed by atoms with van der Waals surface area (Å²) in [5.41, 5.74) is 9.94. The van der Waals surface area contributed by atoms with E-state index in [2.05, 4.69) is 0 Å². The smallest absolute Gasteiger partial charge is 0.124 e. The zero-order valence-electron chi connectivity index (χ0n) is 9.98. The fourth-order valence-electron chi connectivity index (χ4n) is 1.71. The van der Waals surface area contributed by atoms with Gasteiger partial charge in [0.1, 0.15) is 17.9 Å². The predicted octanol–water partition coefficient (Wildman–Crippen LogP) is -1.56. The van der Waals surface area contributed by atoms with Crippen LogP contribution in [0.15, 0.2) is 30.3 Å². The van der Waals surface area contributed by atoms with E-state index in [1.54, 1.807) is 30.3 Å². The average Bonchev–Trinajstić information content (AvgIpc) is 2.38. The number of hydrogen-bond acceptors (Lipinski definition) is 6. The van der Waals surface area contributed by atoms with E-state index in [0.717, 1.165) is 0 Å². The monoisotopic (exact) mass is 256 g/mol. The van der Waals surface area contributed by atoms with E-state index < -0.39 is 24.0 Å². The van der Waals surface area contributed by atoms with Gasteiger partial charge < -0.3 is 31.9 Å². The lowest BCUT2D eigenvalue weighted by atomic mass is 9.88. The SMILES string of the molecule is NC(N)(C(O)c1ccccc1)C(O)C(O)CCO. The van der Waals surface area contributed by atoms with Crippen LogP contribution < -0.4 is 11.5 Å². The minimum absolute atomic E-state index is 0.0706. The van der Waals surface area contributed by atoms with Gasteiger partial charge in [0.15, 0.2) is 0 Å². The Bertz CT molecular complexity index is 358. The van der Waals surface area contributed by atoms with Gasteiger partial charge in [-0.05, 0) is 12.0 Å². The maximum absolute atomic E-state index is 10.1. The van der Waals surface area contributed by atoms with Crippen LogP contribution in [0.2, 0.25) is 0 Å². The summed E-state index contributed by atoms with van der Waals surface area (Å²) >= 11 is 0. The molecule has 1 aromatic rings. The molecule has 0 aliphatic carbocycles.